The van der Waals surface area contributed by atoms with Crippen LogP contribution >= 0.6 is 0 Å². The SMILES string of the molecule is CC=C1COC(=O)CC1CC(=O)O. The van der Waals surface area contributed by atoms with Gasteiger partial charge in [0.25, 0.3) is 0 Å². The number of rotatable bonds is 2. The molecule has 0 spiro atoms. The van der Waals surface area contributed by atoms with Crippen LogP contribution in [0.3, 0.4) is 0 Å². The fraction of sp³-hybridized carbons (Fsp3) is 0.556. The summed E-state index contributed by atoms with van der Waals surface area (Å²) in [5.74, 6) is -1.36. The lowest BCUT2D eigenvalue weighted by molar-refractivity contribution is -0.147. The molecule has 1 aliphatic heterocycles. The Balaban J connectivity index is 2.65. The highest BCUT2D eigenvalue weighted by Gasteiger charge is 2.26. The van der Waals surface area contributed by atoms with Crippen LogP contribution in [0.4, 0.5) is 0 Å². The molecule has 0 saturated carbocycles. The third kappa shape index (κ3) is 2.57. The molecule has 1 heterocycles. The van der Waals surface area contributed by atoms with Crippen molar-refractivity contribution in [3.05, 3.63) is 11.6 Å². The number of carboxylic acid groups (broad SMARTS) is 1. The molecule has 0 aromatic rings. The van der Waals surface area contributed by atoms with Gasteiger partial charge in [-0.25, -0.2) is 0 Å². The second-order valence-electron chi connectivity index (χ2n) is 3.02. The predicted octanol–water partition coefficient (Wildman–Crippen LogP) is 0.970. The van der Waals surface area contributed by atoms with Gasteiger partial charge in [-0.3, -0.25) is 9.59 Å². The van der Waals surface area contributed by atoms with Crippen molar-refractivity contribution in [3.8, 4) is 0 Å². The van der Waals surface area contributed by atoms with Crippen molar-refractivity contribution in [3.63, 3.8) is 0 Å². The van der Waals surface area contributed by atoms with Crippen LogP contribution in [0.2, 0.25) is 0 Å². The van der Waals surface area contributed by atoms with Crippen molar-refractivity contribution in [2.45, 2.75) is 19.8 Å². The van der Waals surface area contributed by atoms with E-state index in [9.17, 15) is 9.59 Å². The number of cyclic esters (lactones) is 1. The Morgan fingerprint density at radius 3 is 3.00 bits per heavy atom. The number of ether oxygens (including phenoxy) is 1. The van der Waals surface area contributed by atoms with Crippen molar-refractivity contribution in [2.75, 3.05) is 6.61 Å². The van der Waals surface area contributed by atoms with Gasteiger partial charge in [-0.05, 0) is 12.5 Å². The second-order valence-corrected chi connectivity index (χ2v) is 3.02. The molecule has 4 heteroatoms. The summed E-state index contributed by atoms with van der Waals surface area (Å²) in [6, 6.07) is 0. The minimum atomic E-state index is -0.876. The molecule has 0 aliphatic carbocycles. The fourth-order valence-electron chi connectivity index (χ4n) is 1.41. The lowest BCUT2D eigenvalue weighted by Crippen LogP contribution is -2.25. The van der Waals surface area contributed by atoms with Gasteiger partial charge < -0.3 is 9.84 Å². The van der Waals surface area contributed by atoms with E-state index in [2.05, 4.69) is 0 Å². The number of hydrogen-bond acceptors (Lipinski definition) is 3. The molecular formula is C9H12O4. The van der Waals surface area contributed by atoms with Crippen LogP contribution in [0.25, 0.3) is 0 Å². The molecule has 1 aliphatic rings. The van der Waals surface area contributed by atoms with E-state index < -0.39 is 5.97 Å². The lowest BCUT2D eigenvalue weighted by Gasteiger charge is -2.23. The maximum absolute atomic E-state index is 10.9. The first kappa shape index (κ1) is 9.77. The largest absolute Gasteiger partial charge is 0.481 e. The number of esters is 1. The molecule has 0 aromatic heterocycles. The highest BCUT2D eigenvalue weighted by Crippen LogP contribution is 2.24. The standard InChI is InChI=1S/C9H12O4/c1-2-6-5-13-9(12)4-7(6)3-8(10)11/h2,7H,3-5H2,1H3,(H,10,11). The van der Waals surface area contributed by atoms with Crippen molar-refractivity contribution < 1.29 is 19.4 Å². The summed E-state index contributed by atoms with van der Waals surface area (Å²) in [7, 11) is 0. The topological polar surface area (TPSA) is 63.6 Å². The first-order valence-electron chi connectivity index (χ1n) is 4.16. The summed E-state index contributed by atoms with van der Waals surface area (Å²) in [6.45, 7) is 2.07. The minimum Gasteiger partial charge on any atom is -0.481 e. The summed E-state index contributed by atoms with van der Waals surface area (Å²) < 4.78 is 4.79. The van der Waals surface area contributed by atoms with E-state index in [-0.39, 0.29) is 31.3 Å². The lowest BCUT2D eigenvalue weighted by atomic mass is 9.91. The van der Waals surface area contributed by atoms with E-state index >= 15 is 0 Å². The molecule has 1 saturated heterocycles. The minimum absolute atomic E-state index is 0.00870. The number of hydrogen-bond donors (Lipinski definition) is 1. The Labute approximate surface area is 76.2 Å². The van der Waals surface area contributed by atoms with Crippen LogP contribution in [0.15, 0.2) is 11.6 Å². The predicted molar refractivity (Wildman–Crippen MR) is 45.1 cm³/mol. The van der Waals surface area contributed by atoms with Gasteiger partial charge in [0, 0.05) is 5.92 Å². The van der Waals surface area contributed by atoms with Gasteiger partial charge in [-0.15, -0.1) is 0 Å². The van der Waals surface area contributed by atoms with Crippen LogP contribution in [0, 0.1) is 5.92 Å². The van der Waals surface area contributed by atoms with Gasteiger partial charge in [0.1, 0.15) is 6.61 Å². The number of carboxylic acids is 1. The smallest absolute Gasteiger partial charge is 0.306 e. The average molecular weight is 184 g/mol. The van der Waals surface area contributed by atoms with Gasteiger partial charge in [0.2, 0.25) is 0 Å². The van der Waals surface area contributed by atoms with E-state index in [0.29, 0.717) is 0 Å². The number of carbonyl (C=O) groups is 2. The zero-order valence-electron chi connectivity index (χ0n) is 7.45. The molecule has 1 unspecified atom stereocenters. The van der Waals surface area contributed by atoms with E-state index in [0.717, 1.165) is 5.57 Å². The van der Waals surface area contributed by atoms with Gasteiger partial charge in [0.05, 0.1) is 12.8 Å². The molecule has 1 N–H and O–H groups in total. The van der Waals surface area contributed by atoms with Crippen LogP contribution in [-0.4, -0.2) is 23.7 Å². The molecule has 0 radical (unpaired) electrons. The quantitative estimate of drug-likeness (QED) is 0.513. The molecule has 0 bridgehead atoms. The first-order chi connectivity index (χ1) is 6.13. The molecular weight excluding hydrogens is 172 g/mol. The van der Waals surface area contributed by atoms with Crippen molar-refractivity contribution in [1.29, 1.82) is 0 Å². The molecule has 72 valence electrons. The van der Waals surface area contributed by atoms with Crippen molar-refractivity contribution >= 4 is 11.9 Å². The Hall–Kier alpha value is -1.32. The van der Waals surface area contributed by atoms with Crippen molar-refractivity contribution in [1.82, 2.24) is 0 Å². The molecule has 1 rings (SSSR count). The third-order valence-electron chi connectivity index (χ3n) is 2.13. The fourth-order valence-corrected chi connectivity index (χ4v) is 1.41. The van der Waals surface area contributed by atoms with Crippen LogP contribution < -0.4 is 0 Å². The number of aliphatic carboxylic acids is 1. The second kappa shape index (κ2) is 4.07. The summed E-state index contributed by atoms with van der Waals surface area (Å²) >= 11 is 0. The first-order valence-corrected chi connectivity index (χ1v) is 4.16. The molecule has 4 nitrogen and oxygen atoms in total. The maximum Gasteiger partial charge on any atom is 0.306 e. The zero-order chi connectivity index (χ0) is 9.84. The van der Waals surface area contributed by atoms with E-state index in [1.807, 2.05) is 13.0 Å². The van der Waals surface area contributed by atoms with Crippen LogP contribution in [0.5, 0.6) is 0 Å². The van der Waals surface area contributed by atoms with Gasteiger partial charge in [-0.1, -0.05) is 6.08 Å². The Morgan fingerprint density at radius 2 is 2.46 bits per heavy atom. The van der Waals surface area contributed by atoms with Crippen LogP contribution in [-0.2, 0) is 14.3 Å². The Kier molecular flexibility index (Phi) is 3.06. The summed E-state index contributed by atoms with van der Waals surface area (Å²) in [5.41, 5.74) is 0.905. The molecule has 13 heavy (non-hydrogen) atoms. The molecule has 1 atom stereocenters. The van der Waals surface area contributed by atoms with E-state index in [1.165, 1.54) is 0 Å². The zero-order valence-corrected chi connectivity index (χ0v) is 7.45. The van der Waals surface area contributed by atoms with E-state index in [4.69, 9.17) is 9.84 Å². The van der Waals surface area contributed by atoms with Crippen LogP contribution in [0.1, 0.15) is 19.8 Å². The van der Waals surface area contributed by atoms with Gasteiger partial charge in [-0.2, -0.15) is 0 Å². The Morgan fingerprint density at radius 1 is 1.77 bits per heavy atom. The third-order valence-corrected chi connectivity index (χ3v) is 2.13. The summed E-state index contributed by atoms with van der Waals surface area (Å²) in [5, 5.41) is 8.59. The van der Waals surface area contributed by atoms with Gasteiger partial charge >= 0.3 is 11.9 Å². The monoisotopic (exact) mass is 184 g/mol. The maximum atomic E-state index is 10.9. The molecule has 0 aromatic carbocycles. The normalized spacial score (nSPS) is 25.8. The van der Waals surface area contributed by atoms with Crippen molar-refractivity contribution in [2.24, 2.45) is 5.92 Å². The molecule has 1 fully saturated rings. The highest BCUT2D eigenvalue weighted by atomic mass is 16.5. The summed E-state index contributed by atoms with van der Waals surface area (Å²) in [6.07, 6.45) is 2.01. The average Bonchev–Trinajstić information content (AvgIpc) is 2.03. The highest BCUT2D eigenvalue weighted by molar-refractivity contribution is 5.74. The van der Waals surface area contributed by atoms with Gasteiger partial charge in [0.15, 0.2) is 0 Å². The molecule has 0 amide bonds. The number of allylic oxidation sites excluding steroid dienone is 1. The Bertz CT molecular complexity index is 252. The number of carbonyl (C=O) groups excluding carboxylic acids is 1. The summed E-state index contributed by atoms with van der Waals surface area (Å²) in [4.78, 5) is 21.3. The van der Waals surface area contributed by atoms with E-state index in [1.54, 1.807) is 0 Å².